The summed E-state index contributed by atoms with van der Waals surface area (Å²) in [6, 6.07) is 0. The third-order valence-electron chi connectivity index (χ3n) is 3.59. The van der Waals surface area contributed by atoms with Crippen LogP contribution in [0.1, 0.15) is 32.5 Å². The van der Waals surface area contributed by atoms with Crippen molar-refractivity contribution in [2.75, 3.05) is 13.1 Å². The maximum atomic E-state index is 12.2. The van der Waals surface area contributed by atoms with E-state index >= 15 is 0 Å². The molecule has 0 aliphatic carbocycles. The van der Waals surface area contributed by atoms with Gasteiger partial charge in [0, 0.05) is 13.1 Å². The van der Waals surface area contributed by atoms with Gasteiger partial charge in [-0.25, -0.2) is 0 Å². The molecule has 0 radical (unpaired) electrons. The number of carbonyl (C=O) groups is 1. The van der Waals surface area contributed by atoms with Gasteiger partial charge in [-0.2, -0.15) is 0 Å². The van der Waals surface area contributed by atoms with Gasteiger partial charge in [0.1, 0.15) is 6.33 Å². The largest absolute Gasteiger partial charge is 0.348 e. The molecule has 1 atom stereocenters. The Morgan fingerprint density at radius 1 is 1.67 bits per heavy atom. The maximum absolute atomic E-state index is 12.2. The Labute approximate surface area is 107 Å². The second-order valence-corrected chi connectivity index (χ2v) is 5.06. The number of nitrogens with zero attached hydrogens (tertiary/aromatic N) is 3. The van der Waals surface area contributed by atoms with Gasteiger partial charge in [-0.15, -0.1) is 10.2 Å². The van der Waals surface area contributed by atoms with Crippen molar-refractivity contribution in [2.24, 2.45) is 5.41 Å². The number of aromatic nitrogens is 3. The SMILES string of the molecule is CCn1cnnc1CNC(=O)C1(C)CCCNC1. The lowest BCUT2D eigenvalue weighted by atomic mass is 9.82. The number of hydrogen-bond acceptors (Lipinski definition) is 4. The first-order chi connectivity index (χ1) is 8.65. The molecule has 2 heterocycles. The summed E-state index contributed by atoms with van der Waals surface area (Å²) in [7, 11) is 0. The fourth-order valence-electron chi connectivity index (χ4n) is 2.30. The minimum absolute atomic E-state index is 0.0975. The van der Waals surface area contributed by atoms with Crippen molar-refractivity contribution in [2.45, 2.75) is 39.8 Å². The zero-order valence-electron chi connectivity index (χ0n) is 11.1. The van der Waals surface area contributed by atoms with Gasteiger partial charge in [0.05, 0.1) is 12.0 Å². The van der Waals surface area contributed by atoms with Crippen molar-refractivity contribution < 1.29 is 4.79 Å². The number of nitrogens with one attached hydrogen (secondary N) is 2. The molecule has 1 amide bonds. The molecule has 1 unspecified atom stereocenters. The molecule has 0 spiro atoms. The minimum atomic E-state index is -0.296. The molecule has 18 heavy (non-hydrogen) atoms. The summed E-state index contributed by atoms with van der Waals surface area (Å²) in [5.41, 5.74) is -0.296. The first kappa shape index (κ1) is 13.0. The minimum Gasteiger partial charge on any atom is -0.348 e. The summed E-state index contributed by atoms with van der Waals surface area (Å²) in [5.74, 6) is 0.901. The molecular weight excluding hydrogens is 230 g/mol. The van der Waals surface area contributed by atoms with Crippen LogP contribution in [-0.4, -0.2) is 33.8 Å². The smallest absolute Gasteiger partial charge is 0.227 e. The van der Waals surface area contributed by atoms with Crippen molar-refractivity contribution in [3.05, 3.63) is 12.2 Å². The molecule has 1 saturated heterocycles. The number of amides is 1. The molecule has 1 aromatic rings. The quantitative estimate of drug-likeness (QED) is 0.807. The van der Waals surface area contributed by atoms with E-state index in [1.807, 2.05) is 18.4 Å². The molecule has 0 bridgehead atoms. The van der Waals surface area contributed by atoms with Crippen LogP contribution in [0.25, 0.3) is 0 Å². The second kappa shape index (κ2) is 5.48. The number of piperidine rings is 1. The standard InChI is InChI=1S/C12H21N5O/c1-3-17-9-15-16-10(17)7-14-11(18)12(2)5-4-6-13-8-12/h9,13H,3-8H2,1-2H3,(H,14,18). The summed E-state index contributed by atoms with van der Waals surface area (Å²) in [6.07, 6.45) is 3.67. The Balaban J connectivity index is 1.91. The van der Waals surface area contributed by atoms with Gasteiger partial charge in [0.15, 0.2) is 5.82 Å². The fourth-order valence-corrected chi connectivity index (χ4v) is 2.30. The number of aryl methyl sites for hydroxylation is 1. The van der Waals surface area contributed by atoms with Crippen LogP contribution >= 0.6 is 0 Å². The van der Waals surface area contributed by atoms with Crippen LogP contribution in [0.4, 0.5) is 0 Å². The zero-order valence-corrected chi connectivity index (χ0v) is 11.1. The van der Waals surface area contributed by atoms with Gasteiger partial charge in [0.25, 0.3) is 0 Å². The topological polar surface area (TPSA) is 71.8 Å². The molecule has 1 aliphatic rings. The normalized spacial score (nSPS) is 23.9. The lowest BCUT2D eigenvalue weighted by Gasteiger charge is -2.32. The van der Waals surface area contributed by atoms with E-state index in [0.29, 0.717) is 6.54 Å². The third-order valence-corrected chi connectivity index (χ3v) is 3.59. The third kappa shape index (κ3) is 2.69. The molecule has 6 heteroatoms. The van der Waals surface area contributed by atoms with Crippen molar-refractivity contribution in [3.8, 4) is 0 Å². The van der Waals surface area contributed by atoms with Gasteiger partial charge < -0.3 is 15.2 Å². The van der Waals surface area contributed by atoms with E-state index in [4.69, 9.17) is 0 Å². The average molecular weight is 251 g/mol. The van der Waals surface area contributed by atoms with Gasteiger partial charge in [0.2, 0.25) is 5.91 Å². The molecule has 2 rings (SSSR count). The van der Waals surface area contributed by atoms with Crippen LogP contribution in [0, 0.1) is 5.41 Å². The van der Waals surface area contributed by atoms with E-state index in [2.05, 4.69) is 20.8 Å². The molecular formula is C12H21N5O. The van der Waals surface area contributed by atoms with Crippen LogP contribution in [0.2, 0.25) is 0 Å². The van der Waals surface area contributed by atoms with Crippen LogP contribution in [0.15, 0.2) is 6.33 Å². The summed E-state index contributed by atoms with van der Waals surface area (Å²) >= 11 is 0. The monoisotopic (exact) mass is 251 g/mol. The lowest BCUT2D eigenvalue weighted by molar-refractivity contribution is -0.131. The summed E-state index contributed by atoms with van der Waals surface area (Å²) in [4.78, 5) is 12.2. The molecule has 1 aromatic heterocycles. The van der Waals surface area contributed by atoms with E-state index in [-0.39, 0.29) is 11.3 Å². The highest BCUT2D eigenvalue weighted by Gasteiger charge is 2.34. The van der Waals surface area contributed by atoms with Crippen LogP contribution in [-0.2, 0) is 17.9 Å². The molecule has 6 nitrogen and oxygen atoms in total. The highest BCUT2D eigenvalue weighted by molar-refractivity contribution is 5.82. The Hall–Kier alpha value is -1.43. The molecule has 1 aliphatic heterocycles. The Kier molecular flexibility index (Phi) is 3.96. The first-order valence-corrected chi connectivity index (χ1v) is 6.51. The Bertz CT molecular complexity index is 408. The van der Waals surface area contributed by atoms with Crippen molar-refractivity contribution in [3.63, 3.8) is 0 Å². The summed E-state index contributed by atoms with van der Waals surface area (Å²) in [6.45, 7) is 7.06. The summed E-state index contributed by atoms with van der Waals surface area (Å²) < 4.78 is 1.93. The zero-order chi connectivity index (χ0) is 13.0. The highest BCUT2D eigenvalue weighted by atomic mass is 16.2. The molecule has 100 valence electrons. The van der Waals surface area contributed by atoms with E-state index in [1.165, 1.54) is 0 Å². The van der Waals surface area contributed by atoms with Gasteiger partial charge in [-0.05, 0) is 33.2 Å². The predicted octanol–water partition coefficient (Wildman–Crippen LogP) is 0.304. The number of rotatable bonds is 4. The fraction of sp³-hybridized carbons (Fsp3) is 0.750. The van der Waals surface area contributed by atoms with E-state index in [0.717, 1.165) is 38.3 Å². The number of hydrogen-bond donors (Lipinski definition) is 2. The lowest BCUT2D eigenvalue weighted by Crippen LogP contribution is -2.48. The van der Waals surface area contributed by atoms with Gasteiger partial charge in [-0.1, -0.05) is 0 Å². The van der Waals surface area contributed by atoms with Gasteiger partial charge in [-0.3, -0.25) is 4.79 Å². The van der Waals surface area contributed by atoms with Crippen molar-refractivity contribution in [1.82, 2.24) is 25.4 Å². The first-order valence-electron chi connectivity index (χ1n) is 6.51. The number of carbonyl (C=O) groups excluding carboxylic acids is 1. The van der Waals surface area contributed by atoms with Crippen LogP contribution in [0.5, 0.6) is 0 Å². The van der Waals surface area contributed by atoms with E-state index < -0.39 is 0 Å². The Morgan fingerprint density at radius 3 is 3.17 bits per heavy atom. The molecule has 0 aromatic carbocycles. The molecule has 0 saturated carbocycles. The van der Waals surface area contributed by atoms with Crippen LogP contribution in [0.3, 0.4) is 0 Å². The van der Waals surface area contributed by atoms with Crippen molar-refractivity contribution in [1.29, 1.82) is 0 Å². The van der Waals surface area contributed by atoms with Crippen molar-refractivity contribution >= 4 is 5.91 Å². The van der Waals surface area contributed by atoms with Crippen LogP contribution < -0.4 is 10.6 Å². The predicted molar refractivity (Wildman–Crippen MR) is 67.8 cm³/mol. The molecule has 2 N–H and O–H groups in total. The highest BCUT2D eigenvalue weighted by Crippen LogP contribution is 2.25. The molecule has 1 fully saturated rings. The maximum Gasteiger partial charge on any atom is 0.227 e. The van der Waals surface area contributed by atoms with Gasteiger partial charge >= 0.3 is 0 Å². The van der Waals surface area contributed by atoms with E-state index in [9.17, 15) is 4.79 Å². The van der Waals surface area contributed by atoms with E-state index in [1.54, 1.807) is 6.33 Å². The average Bonchev–Trinajstić information content (AvgIpc) is 2.84. The Morgan fingerprint density at radius 2 is 2.50 bits per heavy atom. The summed E-state index contributed by atoms with van der Waals surface area (Å²) in [5, 5.41) is 14.1. The second-order valence-electron chi connectivity index (χ2n) is 5.06.